The van der Waals surface area contributed by atoms with Crippen LogP contribution in [0, 0.1) is 40.4 Å². The van der Waals surface area contributed by atoms with E-state index < -0.39 is 40.7 Å². The van der Waals surface area contributed by atoms with Gasteiger partial charge in [0.2, 0.25) is 0 Å². The van der Waals surface area contributed by atoms with Crippen molar-refractivity contribution in [1.82, 2.24) is 5.32 Å². The number of aliphatic hydroxyl groups is 2. The van der Waals surface area contributed by atoms with Crippen molar-refractivity contribution in [3.63, 3.8) is 0 Å². The highest BCUT2D eigenvalue weighted by Crippen LogP contribution is 2.78. The number of hydrogen-bond donors (Lipinski definition) is 3. The molecule has 6 aliphatic rings. The third-order valence-corrected chi connectivity index (χ3v) is 12.4. The van der Waals surface area contributed by atoms with Gasteiger partial charge in [0.1, 0.15) is 17.5 Å². The van der Waals surface area contributed by atoms with Gasteiger partial charge in [-0.15, -0.1) is 0 Å². The second-order valence-corrected chi connectivity index (χ2v) is 13.3. The zero-order chi connectivity index (χ0) is 28.9. The van der Waals surface area contributed by atoms with E-state index in [2.05, 4.69) is 5.32 Å². The summed E-state index contributed by atoms with van der Waals surface area (Å²) in [6.45, 7) is 1.02. The molecule has 1 unspecified atom stereocenters. The Bertz CT molecular complexity index is 1180. The van der Waals surface area contributed by atoms with Gasteiger partial charge in [0.15, 0.2) is 0 Å². The van der Waals surface area contributed by atoms with Gasteiger partial charge >= 0.3 is 5.97 Å². The van der Waals surface area contributed by atoms with Crippen molar-refractivity contribution in [2.24, 2.45) is 40.4 Å². The van der Waals surface area contributed by atoms with Gasteiger partial charge in [-0.2, -0.15) is 0 Å². The van der Waals surface area contributed by atoms with Crippen molar-refractivity contribution >= 4 is 5.97 Å². The van der Waals surface area contributed by atoms with Crippen molar-refractivity contribution in [2.75, 3.05) is 48.7 Å². The van der Waals surface area contributed by atoms with Crippen LogP contribution >= 0.6 is 0 Å². The first-order valence-electron chi connectivity index (χ1n) is 14.8. The van der Waals surface area contributed by atoms with Crippen LogP contribution in [0.5, 0.6) is 5.75 Å². The minimum absolute atomic E-state index is 0.0424. The molecule has 0 aromatic heterocycles. The molecule has 1 aliphatic heterocycles. The van der Waals surface area contributed by atoms with Gasteiger partial charge in [0, 0.05) is 76.0 Å². The molecule has 10 heteroatoms. The number of carbonyl (C=O) groups is 1. The van der Waals surface area contributed by atoms with E-state index in [1.165, 1.54) is 0 Å². The number of carbonyl (C=O) groups excluding carboxylic acids is 1. The predicted molar refractivity (Wildman–Crippen MR) is 145 cm³/mol. The van der Waals surface area contributed by atoms with Gasteiger partial charge in [0.05, 0.1) is 43.7 Å². The lowest BCUT2D eigenvalue weighted by atomic mass is 9.43. The molecule has 10 nitrogen and oxygen atoms in total. The van der Waals surface area contributed by atoms with Gasteiger partial charge in [-0.1, -0.05) is 0 Å². The number of piperidine rings is 1. The van der Waals surface area contributed by atoms with E-state index in [9.17, 15) is 15.0 Å². The summed E-state index contributed by atoms with van der Waals surface area (Å²) in [6, 6.07) is 6.90. The van der Waals surface area contributed by atoms with Crippen LogP contribution in [0.25, 0.3) is 0 Å². The fourth-order valence-electron chi connectivity index (χ4n) is 11.3. The number of ether oxygens (including phenoxy) is 6. The number of esters is 1. The third kappa shape index (κ3) is 3.30. The molecule has 41 heavy (non-hydrogen) atoms. The second-order valence-electron chi connectivity index (χ2n) is 13.3. The van der Waals surface area contributed by atoms with Crippen LogP contribution in [0.2, 0.25) is 0 Å². The van der Waals surface area contributed by atoms with E-state index in [1.54, 1.807) is 59.8 Å². The molecule has 0 radical (unpaired) electrons. The Hall–Kier alpha value is -1.79. The second kappa shape index (κ2) is 9.61. The lowest BCUT2D eigenvalue weighted by molar-refractivity contribution is -0.255. The summed E-state index contributed by atoms with van der Waals surface area (Å²) in [5.74, 6) is 0.118. The number of aliphatic hydroxyl groups excluding tert-OH is 1. The Kier molecular flexibility index (Phi) is 6.56. The summed E-state index contributed by atoms with van der Waals surface area (Å²) in [7, 11) is 8.39. The molecular weight excluding hydrogens is 530 g/mol. The zero-order valence-electron chi connectivity index (χ0n) is 24.4. The number of fused-ring (bicyclic) bond motifs is 2. The van der Waals surface area contributed by atoms with E-state index in [-0.39, 0.29) is 47.8 Å². The number of rotatable bonds is 8. The van der Waals surface area contributed by atoms with Crippen molar-refractivity contribution in [2.45, 2.75) is 61.4 Å². The molecule has 226 valence electrons. The van der Waals surface area contributed by atoms with Crippen LogP contribution in [0.1, 0.15) is 29.6 Å². The largest absolute Gasteiger partial charge is 0.497 e. The first-order valence-corrected chi connectivity index (χ1v) is 14.8. The predicted octanol–water partition coefficient (Wildman–Crippen LogP) is 1.27. The van der Waals surface area contributed by atoms with Crippen LogP contribution < -0.4 is 10.1 Å². The Morgan fingerprint density at radius 3 is 2.37 bits per heavy atom. The summed E-state index contributed by atoms with van der Waals surface area (Å²) in [5, 5.41) is 28.0. The molecule has 1 spiro atoms. The normalized spacial score (nSPS) is 50.5. The molecule has 6 fully saturated rings. The van der Waals surface area contributed by atoms with Crippen molar-refractivity contribution in [1.29, 1.82) is 0 Å². The fraction of sp³-hybridized carbons (Fsp3) is 0.774. The number of methoxy groups -OCH3 is 5. The molecule has 5 saturated carbocycles. The van der Waals surface area contributed by atoms with Crippen LogP contribution in [-0.2, 0) is 23.7 Å². The van der Waals surface area contributed by atoms with E-state index >= 15 is 0 Å². The number of benzene rings is 1. The van der Waals surface area contributed by atoms with E-state index in [1.807, 2.05) is 0 Å². The summed E-state index contributed by atoms with van der Waals surface area (Å²) >= 11 is 0. The Morgan fingerprint density at radius 1 is 1.00 bits per heavy atom. The maximum Gasteiger partial charge on any atom is 0.338 e. The smallest absolute Gasteiger partial charge is 0.338 e. The highest BCUT2D eigenvalue weighted by Gasteiger charge is 2.85. The summed E-state index contributed by atoms with van der Waals surface area (Å²) in [6.07, 6.45) is -0.747. The standard InChI is InChI=1S/C31H43NO9/c1-36-14-29-13-32-26-23-17-10-20(38-3)30(35)12-18(31(26,25(29)24(23)40-5)21(39-4)11-19(29)33)22(17)27(30)41-28(34)15-6-8-16(37-2)9-7-15/h6-9,17-27,32-33,35H,10-14H2,1-5H3/t17-,18+,19+,20-,21-,22+,23-,24-,25+,26+,27+,29-,30-,31?/m0/s1. The highest BCUT2D eigenvalue weighted by atomic mass is 16.6. The molecule has 3 N–H and O–H groups in total. The minimum Gasteiger partial charge on any atom is -0.497 e. The molecule has 1 saturated heterocycles. The Morgan fingerprint density at radius 2 is 1.73 bits per heavy atom. The van der Waals surface area contributed by atoms with Gasteiger partial charge < -0.3 is 44.0 Å². The number of nitrogens with one attached hydrogen (secondary N) is 1. The molecule has 1 aromatic rings. The maximum absolute atomic E-state index is 13.6. The van der Waals surface area contributed by atoms with E-state index in [0.29, 0.717) is 43.7 Å². The minimum atomic E-state index is -1.35. The third-order valence-electron chi connectivity index (χ3n) is 12.4. The van der Waals surface area contributed by atoms with Crippen LogP contribution in [0.4, 0.5) is 0 Å². The molecule has 7 bridgehead atoms. The molecule has 5 aliphatic carbocycles. The molecular formula is C31H43NO9. The summed E-state index contributed by atoms with van der Waals surface area (Å²) in [4.78, 5) is 13.6. The van der Waals surface area contributed by atoms with Crippen LogP contribution in [-0.4, -0.2) is 107 Å². The van der Waals surface area contributed by atoms with Gasteiger partial charge in [0.25, 0.3) is 0 Å². The zero-order valence-corrected chi connectivity index (χ0v) is 24.4. The molecule has 14 atom stereocenters. The molecule has 7 rings (SSSR count). The Labute approximate surface area is 241 Å². The first-order chi connectivity index (χ1) is 19.8. The SMILES string of the molecule is COC[C@@]12CN[C@@H]3[C@H]4[C@H]5C[C@H](OC)[C@@]6(O)C[C@H]([C@@H]5[C@H]6OC(=O)c5ccc(OC)cc5)C3([C@@H](OC)C[C@H]1O)[C@@H]2[C@H]4OC. The van der Waals surface area contributed by atoms with Crippen molar-refractivity contribution < 1.29 is 43.4 Å². The van der Waals surface area contributed by atoms with Gasteiger partial charge in [-0.3, -0.25) is 0 Å². The molecule has 1 heterocycles. The Balaban J connectivity index is 1.36. The monoisotopic (exact) mass is 573 g/mol. The average Bonchev–Trinajstić information content (AvgIpc) is 3.29. The van der Waals surface area contributed by atoms with Crippen molar-refractivity contribution in [3.8, 4) is 5.75 Å². The first kappa shape index (κ1) is 28.0. The molecule has 0 amide bonds. The summed E-state index contributed by atoms with van der Waals surface area (Å²) in [5.41, 5.74) is -1.96. The fourth-order valence-corrected chi connectivity index (χ4v) is 11.3. The summed E-state index contributed by atoms with van der Waals surface area (Å²) < 4.78 is 36.1. The van der Waals surface area contributed by atoms with Gasteiger partial charge in [-0.05, 0) is 48.9 Å². The lowest BCUT2D eigenvalue weighted by Gasteiger charge is -2.66. The lowest BCUT2D eigenvalue weighted by Crippen LogP contribution is -2.76. The van der Waals surface area contributed by atoms with Crippen LogP contribution in [0.15, 0.2) is 24.3 Å². The molecule has 1 aromatic carbocycles. The highest BCUT2D eigenvalue weighted by molar-refractivity contribution is 5.89. The van der Waals surface area contributed by atoms with E-state index in [4.69, 9.17) is 28.4 Å². The maximum atomic E-state index is 13.6. The quantitative estimate of drug-likeness (QED) is 0.392. The van der Waals surface area contributed by atoms with Gasteiger partial charge in [-0.25, -0.2) is 4.79 Å². The van der Waals surface area contributed by atoms with Crippen molar-refractivity contribution in [3.05, 3.63) is 29.8 Å². The topological polar surface area (TPSA) is 125 Å². The number of hydrogen-bond acceptors (Lipinski definition) is 10. The van der Waals surface area contributed by atoms with E-state index in [0.717, 1.165) is 0 Å². The van der Waals surface area contributed by atoms with Crippen LogP contribution in [0.3, 0.4) is 0 Å². The average molecular weight is 574 g/mol.